The predicted octanol–water partition coefficient (Wildman–Crippen LogP) is 3.14. The second kappa shape index (κ2) is 7.97. The SMILES string of the molecule is CNC(=O)CCc1cccc(-n2c(C)nc3c2CC[C@H]2[C@H](C)C(O)C(C#N)=C[C@]32C)c1. The molecule has 2 N–H and O–H groups in total. The minimum absolute atomic E-state index is 0.0105. The fourth-order valence-corrected chi connectivity index (χ4v) is 5.58. The van der Waals surface area contributed by atoms with Crippen LogP contribution in [-0.2, 0) is 23.1 Å². The van der Waals surface area contributed by atoms with Crippen molar-refractivity contribution in [2.24, 2.45) is 11.8 Å². The maximum Gasteiger partial charge on any atom is 0.220 e. The van der Waals surface area contributed by atoms with E-state index in [4.69, 9.17) is 4.98 Å². The number of fused-ring (bicyclic) bond motifs is 3. The second-order valence-electron chi connectivity index (χ2n) is 9.08. The highest BCUT2D eigenvalue weighted by molar-refractivity contribution is 5.75. The van der Waals surface area contributed by atoms with E-state index in [-0.39, 0.29) is 23.2 Å². The number of allylic oxidation sites excluding steroid dienone is 1. The van der Waals surface area contributed by atoms with Crippen molar-refractivity contribution in [1.82, 2.24) is 14.9 Å². The number of nitrogens with zero attached hydrogens (tertiary/aromatic N) is 3. The van der Waals surface area contributed by atoms with Gasteiger partial charge in [-0.25, -0.2) is 4.98 Å². The van der Waals surface area contributed by atoms with Crippen molar-refractivity contribution in [1.29, 1.82) is 5.26 Å². The standard InChI is InChI=1S/C25H30N4O2/c1-15-20-9-10-21-24(25(20,3)13-18(14-26)23(15)31)28-16(2)29(21)19-7-5-6-17(12-19)8-11-22(30)27-4/h5-7,12-13,15,20,23,31H,8-11H2,1-4H3,(H,27,30)/t15-,20-,23?,25-/m0/s1. The third kappa shape index (κ3) is 3.47. The van der Waals surface area contributed by atoms with E-state index in [1.807, 2.05) is 26.0 Å². The van der Waals surface area contributed by atoms with Gasteiger partial charge >= 0.3 is 0 Å². The van der Waals surface area contributed by atoms with Gasteiger partial charge in [-0.15, -0.1) is 0 Å². The third-order valence-corrected chi connectivity index (χ3v) is 7.24. The van der Waals surface area contributed by atoms with Crippen LogP contribution in [0.4, 0.5) is 0 Å². The second-order valence-corrected chi connectivity index (χ2v) is 9.08. The first-order valence-electron chi connectivity index (χ1n) is 11.0. The lowest BCUT2D eigenvalue weighted by molar-refractivity contribution is -0.120. The Balaban J connectivity index is 1.77. The summed E-state index contributed by atoms with van der Waals surface area (Å²) < 4.78 is 2.22. The highest BCUT2D eigenvalue weighted by Crippen LogP contribution is 2.50. The maximum atomic E-state index is 11.6. The number of amides is 1. The molecule has 1 aromatic carbocycles. The van der Waals surface area contributed by atoms with E-state index in [1.54, 1.807) is 7.05 Å². The van der Waals surface area contributed by atoms with Crippen LogP contribution in [0.5, 0.6) is 0 Å². The van der Waals surface area contributed by atoms with Crippen LogP contribution in [0.3, 0.4) is 0 Å². The van der Waals surface area contributed by atoms with Gasteiger partial charge in [-0.05, 0) is 55.7 Å². The van der Waals surface area contributed by atoms with Crippen LogP contribution in [-0.4, -0.2) is 33.7 Å². The van der Waals surface area contributed by atoms with Crippen LogP contribution >= 0.6 is 0 Å². The van der Waals surface area contributed by atoms with Gasteiger partial charge in [-0.3, -0.25) is 4.79 Å². The molecule has 2 aromatic rings. The average molecular weight is 419 g/mol. The molecule has 2 aliphatic carbocycles. The summed E-state index contributed by atoms with van der Waals surface area (Å²) in [5, 5.41) is 22.8. The summed E-state index contributed by atoms with van der Waals surface area (Å²) in [6.45, 7) is 6.22. The lowest BCUT2D eigenvalue weighted by Crippen LogP contribution is -2.47. The van der Waals surface area contributed by atoms with Gasteiger partial charge in [0, 0.05) is 30.3 Å². The Morgan fingerprint density at radius 2 is 2.23 bits per heavy atom. The van der Waals surface area contributed by atoms with Gasteiger partial charge in [0.05, 0.1) is 23.4 Å². The lowest BCUT2D eigenvalue weighted by atomic mass is 9.58. The minimum Gasteiger partial charge on any atom is -0.387 e. The van der Waals surface area contributed by atoms with Crippen molar-refractivity contribution in [2.75, 3.05) is 7.05 Å². The molecule has 1 heterocycles. The van der Waals surface area contributed by atoms with E-state index in [2.05, 4.69) is 41.1 Å². The summed E-state index contributed by atoms with van der Waals surface area (Å²) in [6.07, 6.45) is 4.22. The molecule has 0 saturated carbocycles. The van der Waals surface area contributed by atoms with Crippen molar-refractivity contribution in [3.63, 3.8) is 0 Å². The summed E-state index contributed by atoms with van der Waals surface area (Å²) in [6, 6.07) is 10.5. The quantitative estimate of drug-likeness (QED) is 0.798. The van der Waals surface area contributed by atoms with Crippen molar-refractivity contribution in [3.05, 3.63) is 58.7 Å². The molecule has 6 heteroatoms. The number of nitriles is 1. The summed E-state index contributed by atoms with van der Waals surface area (Å²) in [5.41, 5.74) is 4.44. The molecule has 0 radical (unpaired) electrons. The fraction of sp³-hybridized carbons (Fsp3) is 0.480. The van der Waals surface area contributed by atoms with Crippen molar-refractivity contribution in [2.45, 2.75) is 58.0 Å². The van der Waals surface area contributed by atoms with Crippen LogP contribution in [0.2, 0.25) is 0 Å². The summed E-state index contributed by atoms with van der Waals surface area (Å²) in [4.78, 5) is 16.6. The van der Waals surface area contributed by atoms with E-state index >= 15 is 0 Å². The number of hydrogen-bond acceptors (Lipinski definition) is 4. The molecular formula is C25H30N4O2. The molecule has 0 aliphatic heterocycles. The first kappa shape index (κ1) is 21.3. The van der Waals surface area contributed by atoms with E-state index in [9.17, 15) is 15.2 Å². The molecule has 0 saturated heterocycles. The topological polar surface area (TPSA) is 90.9 Å². The van der Waals surface area contributed by atoms with Gasteiger partial charge in [-0.1, -0.05) is 32.1 Å². The number of benzene rings is 1. The van der Waals surface area contributed by atoms with Gasteiger partial charge in [0.1, 0.15) is 5.82 Å². The van der Waals surface area contributed by atoms with E-state index in [0.29, 0.717) is 18.4 Å². The van der Waals surface area contributed by atoms with E-state index in [0.717, 1.165) is 35.6 Å². The number of rotatable bonds is 4. The number of imidazole rings is 1. The zero-order valence-electron chi connectivity index (χ0n) is 18.6. The maximum absolute atomic E-state index is 11.6. The number of carbonyl (C=O) groups is 1. The van der Waals surface area contributed by atoms with Crippen molar-refractivity contribution < 1.29 is 9.90 Å². The van der Waals surface area contributed by atoms with E-state index in [1.165, 1.54) is 5.69 Å². The van der Waals surface area contributed by atoms with Crippen LogP contribution < -0.4 is 5.32 Å². The molecule has 6 nitrogen and oxygen atoms in total. The van der Waals surface area contributed by atoms with Gasteiger partial charge in [0.25, 0.3) is 0 Å². The Morgan fingerprint density at radius 1 is 1.45 bits per heavy atom. The normalized spacial score (nSPS) is 27.0. The minimum atomic E-state index is -0.704. The summed E-state index contributed by atoms with van der Waals surface area (Å²) in [5.74, 6) is 1.21. The van der Waals surface area contributed by atoms with Gasteiger partial charge in [0.2, 0.25) is 5.91 Å². The Labute approximate surface area is 183 Å². The summed E-state index contributed by atoms with van der Waals surface area (Å²) in [7, 11) is 1.66. The average Bonchev–Trinajstić information content (AvgIpc) is 3.12. The lowest BCUT2D eigenvalue weighted by Gasteiger charge is -2.46. The van der Waals surface area contributed by atoms with Crippen LogP contribution in [0, 0.1) is 30.1 Å². The Kier molecular flexibility index (Phi) is 5.49. The summed E-state index contributed by atoms with van der Waals surface area (Å²) >= 11 is 0. The molecule has 0 fully saturated rings. The van der Waals surface area contributed by atoms with E-state index < -0.39 is 6.10 Å². The van der Waals surface area contributed by atoms with Crippen LogP contribution in [0.15, 0.2) is 35.9 Å². The molecule has 2 aliphatic rings. The Morgan fingerprint density at radius 3 is 2.94 bits per heavy atom. The molecule has 0 spiro atoms. The zero-order chi connectivity index (χ0) is 22.3. The smallest absolute Gasteiger partial charge is 0.220 e. The highest BCUT2D eigenvalue weighted by Gasteiger charge is 2.50. The molecule has 4 rings (SSSR count). The first-order chi connectivity index (χ1) is 14.8. The van der Waals surface area contributed by atoms with Gasteiger partial charge in [-0.2, -0.15) is 5.26 Å². The Hall–Kier alpha value is -2.91. The fourth-order valence-electron chi connectivity index (χ4n) is 5.58. The number of aliphatic hydroxyl groups excluding tert-OH is 1. The number of carbonyl (C=O) groups excluding carboxylic acids is 1. The first-order valence-corrected chi connectivity index (χ1v) is 11.0. The van der Waals surface area contributed by atoms with Crippen molar-refractivity contribution in [3.8, 4) is 11.8 Å². The zero-order valence-corrected chi connectivity index (χ0v) is 18.6. The number of nitrogens with one attached hydrogen (secondary N) is 1. The van der Waals surface area contributed by atoms with Crippen molar-refractivity contribution >= 4 is 5.91 Å². The molecule has 4 atom stereocenters. The molecule has 162 valence electrons. The largest absolute Gasteiger partial charge is 0.387 e. The third-order valence-electron chi connectivity index (χ3n) is 7.24. The number of aliphatic hydroxyl groups is 1. The predicted molar refractivity (Wildman–Crippen MR) is 119 cm³/mol. The molecule has 0 bridgehead atoms. The number of aryl methyl sites for hydroxylation is 2. The molecule has 31 heavy (non-hydrogen) atoms. The van der Waals surface area contributed by atoms with Gasteiger partial charge < -0.3 is 15.0 Å². The molecule has 1 aromatic heterocycles. The van der Waals surface area contributed by atoms with Gasteiger partial charge in [0.15, 0.2) is 0 Å². The number of aromatic nitrogens is 2. The number of hydrogen-bond donors (Lipinski definition) is 2. The molecule has 1 amide bonds. The highest BCUT2D eigenvalue weighted by atomic mass is 16.3. The Bertz CT molecular complexity index is 1090. The monoisotopic (exact) mass is 418 g/mol. The molecular weight excluding hydrogens is 388 g/mol. The molecule has 1 unspecified atom stereocenters. The van der Waals surface area contributed by atoms with Crippen LogP contribution in [0.25, 0.3) is 5.69 Å². The van der Waals surface area contributed by atoms with Crippen LogP contribution in [0.1, 0.15) is 49.5 Å².